The Kier molecular flexibility index (Phi) is 3.96. The third-order valence-electron chi connectivity index (χ3n) is 6.30. The SMILES string of the molecule is CC(Nc1ccc(F)c([C@]23CC2(C)C(=O)N(C)C(N)=N3)c1)c1nc2ccccc2s1. The molecule has 1 amide bonds. The van der Waals surface area contributed by atoms with Crippen LogP contribution in [-0.4, -0.2) is 28.8 Å². The minimum absolute atomic E-state index is 0.0588. The molecule has 2 aromatic carbocycles. The molecule has 8 heteroatoms. The first-order chi connectivity index (χ1) is 14.2. The summed E-state index contributed by atoms with van der Waals surface area (Å²) in [6.07, 6.45) is 0.442. The van der Waals surface area contributed by atoms with Gasteiger partial charge in [-0.25, -0.2) is 14.4 Å². The highest BCUT2D eigenvalue weighted by atomic mass is 32.1. The number of hydrogen-bond donors (Lipinski definition) is 2. The summed E-state index contributed by atoms with van der Waals surface area (Å²) >= 11 is 1.63. The fourth-order valence-electron chi connectivity index (χ4n) is 4.40. The quantitative estimate of drug-likeness (QED) is 0.664. The molecule has 5 rings (SSSR count). The molecule has 154 valence electrons. The van der Waals surface area contributed by atoms with Gasteiger partial charge in [-0.2, -0.15) is 0 Å². The van der Waals surface area contributed by atoms with Gasteiger partial charge in [-0.05, 0) is 50.6 Å². The van der Waals surface area contributed by atoms with Gasteiger partial charge in [0.2, 0.25) is 5.91 Å². The number of carbonyl (C=O) groups is 1. The van der Waals surface area contributed by atoms with E-state index in [1.807, 2.05) is 38.1 Å². The maximum atomic E-state index is 14.9. The monoisotopic (exact) mass is 423 g/mol. The number of hydrogen-bond acceptors (Lipinski definition) is 6. The molecular formula is C22H22FN5OS. The highest BCUT2D eigenvalue weighted by molar-refractivity contribution is 7.18. The Labute approximate surface area is 177 Å². The Morgan fingerprint density at radius 2 is 2.07 bits per heavy atom. The second-order valence-electron chi connectivity index (χ2n) is 8.28. The fraction of sp³-hybridized carbons (Fsp3) is 0.318. The first kappa shape index (κ1) is 19.0. The maximum absolute atomic E-state index is 14.9. The lowest BCUT2D eigenvalue weighted by molar-refractivity contribution is -0.132. The van der Waals surface area contributed by atoms with E-state index in [2.05, 4.69) is 10.3 Å². The van der Waals surface area contributed by atoms with Crippen molar-refractivity contribution < 1.29 is 9.18 Å². The maximum Gasteiger partial charge on any atom is 0.237 e. The number of halogens is 1. The molecule has 0 bridgehead atoms. The van der Waals surface area contributed by atoms with Crippen LogP contribution in [0.15, 0.2) is 47.5 Å². The van der Waals surface area contributed by atoms with E-state index >= 15 is 0 Å². The van der Waals surface area contributed by atoms with Gasteiger partial charge < -0.3 is 11.1 Å². The van der Waals surface area contributed by atoms with Crippen molar-refractivity contribution in [3.05, 3.63) is 58.9 Å². The van der Waals surface area contributed by atoms with Crippen molar-refractivity contribution in [3.8, 4) is 0 Å². The Morgan fingerprint density at radius 3 is 2.83 bits per heavy atom. The molecule has 3 aromatic rings. The number of thiazole rings is 1. The van der Waals surface area contributed by atoms with Crippen molar-refractivity contribution in [2.45, 2.75) is 31.8 Å². The number of benzene rings is 2. The molecule has 1 aliphatic carbocycles. The second kappa shape index (κ2) is 6.25. The number of aromatic nitrogens is 1. The lowest BCUT2D eigenvalue weighted by Crippen LogP contribution is -2.48. The number of nitrogens with one attached hydrogen (secondary N) is 1. The van der Waals surface area contributed by atoms with E-state index < -0.39 is 11.0 Å². The molecule has 2 unspecified atom stereocenters. The summed E-state index contributed by atoms with van der Waals surface area (Å²) in [5.41, 5.74) is 6.36. The molecule has 1 aliphatic heterocycles. The number of rotatable bonds is 4. The van der Waals surface area contributed by atoms with Crippen LogP contribution in [0.3, 0.4) is 0 Å². The van der Waals surface area contributed by atoms with Crippen molar-refractivity contribution >= 4 is 39.1 Å². The third kappa shape index (κ3) is 2.56. The summed E-state index contributed by atoms with van der Waals surface area (Å²) in [6.45, 7) is 3.85. The fourth-order valence-corrected chi connectivity index (χ4v) is 5.37. The van der Waals surface area contributed by atoms with Gasteiger partial charge in [0.25, 0.3) is 0 Å². The molecule has 6 nitrogen and oxygen atoms in total. The van der Waals surface area contributed by atoms with Crippen molar-refractivity contribution in [2.24, 2.45) is 16.1 Å². The highest BCUT2D eigenvalue weighted by Crippen LogP contribution is 2.68. The summed E-state index contributed by atoms with van der Waals surface area (Å²) in [4.78, 5) is 23.3. The number of aliphatic imine (C=N–C) groups is 1. The minimum atomic E-state index is -0.943. The van der Waals surface area contributed by atoms with Crippen LogP contribution >= 0.6 is 11.3 Å². The molecule has 2 aliphatic rings. The molecule has 0 radical (unpaired) electrons. The zero-order chi connectivity index (χ0) is 21.3. The molecule has 0 spiro atoms. The summed E-state index contributed by atoms with van der Waals surface area (Å²) < 4.78 is 16.0. The van der Waals surface area contributed by atoms with E-state index in [0.29, 0.717) is 12.0 Å². The van der Waals surface area contributed by atoms with E-state index in [0.717, 1.165) is 20.9 Å². The van der Waals surface area contributed by atoms with E-state index in [9.17, 15) is 9.18 Å². The Bertz CT molecular complexity index is 1190. The smallest absolute Gasteiger partial charge is 0.237 e. The Balaban J connectivity index is 1.48. The van der Waals surface area contributed by atoms with E-state index in [1.54, 1.807) is 30.5 Å². The predicted molar refractivity (Wildman–Crippen MR) is 117 cm³/mol. The van der Waals surface area contributed by atoms with Crippen LogP contribution in [-0.2, 0) is 10.3 Å². The molecule has 1 aromatic heterocycles. The number of fused-ring (bicyclic) bond motifs is 2. The minimum Gasteiger partial charge on any atom is -0.376 e. The lowest BCUT2D eigenvalue weighted by atomic mass is 9.92. The average molecular weight is 424 g/mol. The van der Waals surface area contributed by atoms with Crippen LogP contribution in [0, 0.1) is 11.2 Å². The van der Waals surface area contributed by atoms with Crippen LogP contribution in [0.1, 0.15) is 36.9 Å². The number of nitrogens with two attached hydrogens (primary N) is 1. The molecule has 3 atom stereocenters. The third-order valence-corrected chi connectivity index (χ3v) is 7.52. The first-order valence-corrected chi connectivity index (χ1v) is 10.6. The van der Waals surface area contributed by atoms with Gasteiger partial charge in [0, 0.05) is 18.3 Å². The van der Waals surface area contributed by atoms with Gasteiger partial charge in [-0.3, -0.25) is 9.69 Å². The van der Waals surface area contributed by atoms with Gasteiger partial charge in [0.1, 0.15) is 16.4 Å². The number of guanidine groups is 1. The summed E-state index contributed by atoms with van der Waals surface area (Å²) in [5, 5.41) is 4.36. The molecule has 30 heavy (non-hydrogen) atoms. The summed E-state index contributed by atoms with van der Waals surface area (Å²) in [6, 6.07) is 12.8. The van der Waals surface area contributed by atoms with Crippen LogP contribution in [0.2, 0.25) is 0 Å². The molecule has 1 fully saturated rings. The number of carbonyl (C=O) groups excluding carboxylic acids is 1. The van der Waals surface area contributed by atoms with Crippen molar-refractivity contribution in [3.63, 3.8) is 0 Å². The summed E-state index contributed by atoms with van der Waals surface area (Å²) in [5.74, 6) is -0.392. The topological polar surface area (TPSA) is 83.6 Å². The van der Waals surface area contributed by atoms with E-state index in [4.69, 9.17) is 10.7 Å². The molecule has 1 saturated carbocycles. The highest BCUT2D eigenvalue weighted by Gasteiger charge is 2.74. The van der Waals surface area contributed by atoms with Gasteiger partial charge >= 0.3 is 0 Å². The van der Waals surface area contributed by atoms with Gasteiger partial charge in [0.15, 0.2) is 5.96 Å². The van der Waals surface area contributed by atoms with Crippen LogP contribution in [0.5, 0.6) is 0 Å². The average Bonchev–Trinajstić information content (AvgIpc) is 3.13. The largest absolute Gasteiger partial charge is 0.376 e. The van der Waals surface area contributed by atoms with Crippen molar-refractivity contribution in [2.75, 3.05) is 12.4 Å². The first-order valence-electron chi connectivity index (χ1n) is 9.81. The molecule has 3 N–H and O–H groups in total. The van der Waals surface area contributed by atoms with Crippen LogP contribution in [0.4, 0.5) is 10.1 Å². The van der Waals surface area contributed by atoms with Crippen molar-refractivity contribution in [1.29, 1.82) is 0 Å². The standard InChI is InChI=1S/C22H22FN5OS/c1-12(18-26-16-6-4-5-7-17(16)30-18)25-13-8-9-15(23)14(10-13)22-11-21(22,2)19(29)28(3)20(24)27-22/h4-10,12,25H,11H2,1-3H3,(H2,24,27)/t12?,21?,22-/m1/s1. The van der Waals surface area contributed by atoms with Gasteiger partial charge in [0.05, 0.1) is 21.7 Å². The van der Waals surface area contributed by atoms with E-state index in [-0.39, 0.29) is 23.7 Å². The summed E-state index contributed by atoms with van der Waals surface area (Å²) in [7, 11) is 1.60. The zero-order valence-electron chi connectivity index (χ0n) is 16.9. The Hall–Kier alpha value is -3.00. The van der Waals surface area contributed by atoms with E-state index in [1.165, 1.54) is 11.0 Å². The van der Waals surface area contributed by atoms with Crippen molar-refractivity contribution in [1.82, 2.24) is 9.88 Å². The number of para-hydroxylation sites is 1. The Morgan fingerprint density at radius 1 is 1.30 bits per heavy atom. The molecule has 2 heterocycles. The zero-order valence-corrected chi connectivity index (χ0v) is 17.8. The van der Waals surface area contributed by atoms with Gasteiger partial charge in [-0.15, -0.1) is 11.3 Å². The van der Waals surface area contributed by atoms with Crippen LogP contribution in [0.25, 0.3) is 10.2 Å². The molecular weight excluding hydrogens is 401 g/mol. The number of amides is 1. The molecule has 0 saturated heterocycles. The predicted octanol–water partition coefficient (Wildman–Crippen LogP) is 4.00. The lowest BCUT2D eigenvalue weighted by Gasteiger charge is -2.30. The van der Waals surface area contributed by atoms with Gasteiger partial charge in [-0.1, -0.05) is 12.1 Å². The second-order valence-corrected chi connectivity index (χ2v) is 9.35. The number of anilines is 1. The number of nitrogens with zero attached hydrogens (tertiary/aromatic N) is 3. The van der Waals surface area contributed by atoms with Crippen LogP contribution < -0.4 is 11.1 Å². The normalized spacial score (nSPS) is 26.3.